The fourth-order valence-corrected chi connectivity index (χ4v) is 3.07. The van der Waals surface area contributed by atoms with Gasteiger partial charge in [-0.3, -0.25) is 4.79 Å². The lowest BCUT2D eigenvalue weighted by Gasteiger charge is -2.10. The minimum atomic E-state index is -0.254. The zero-order valence-electron chi connectivity index (χ0n) is 12.4. The number of thioether (sulfide) groups is 1. The van der Waals surface area contributed by atoms with E-state index in [0.717, 1.165) is 30.2 Å². The smallest absolute Gasteiger partial charge is 0.239 e. The van der Waals surface area contributed by atoms with Crippen LogP contribution in [0.2, 0.25) is 0 Å². The molecule has 0 radical (unpaired) electrons. The second-order valence-corrected chi connectivity index (χ2v) is 6.85. The highest BCUT2D eigenvalue weighted by molar-refractivity contribution is 8.00. The van der Waals surface area contributed by atoms with Crippen LogP contribution in [0.25, 0.3) is 0 Å². The molecule has 2 rings (SSSR count). The number of thiazole rings is 1. The highest BCUT2D eigenvalue weighted by Crippen LogP contribution is 2.23. The van der Waals surface area contributed by atoms with E-state index in [1.165, 1.54) is 23.1 Å². The van der Waals surface area contributed by atoms with E-state index in [-0.39, 0.29) is 11.2 Å². The molecule has 21 heavy (non-hydrogen) atoms. The summed E-state index contributed by atoms with van der Waals surface area (Å²) in [7, 11) is 1.94. The largest absolute Gasteiger partial charge is 0.309 e. The molecular weight excluding hydrogens is 306 g/mol. The van der Waals surface area contributed by atoms with Crippen molar-refractivity contribution in [3.63, 3.8) is 0 Å². The van der Waals surface area contributed by atoms with Crippen LogP contribution in [0.4, 0.5) is 5.13 Å². The molecule has 0 aliphatic heterocycles. The van der Waals surface area contributed by atoms with E-state index in [1.54, 1.807) is 6.20 Å². The third kappa shape index (κ3) is 4.28. The molecule has 2 aromatic rings. The normalized spacial score (nSPS) is 12.3. The Morgan fingerprint density at radius 2 is 2.33 bits per heavy atom. The number of unbranched alkanes of at least 4 members (excludes halogenated alkanes) is 1. The quantitative estimate of drug-likeness (QED) is 0.792. The summed E-state index contributed by atoms with van der Waals surface area (Å²) in [5, 5.41) is 14.1. The summed E-state index contributed by atoms with van der Waals surface area (Å²) >= 11 is 2.81. The Morgan fingerprint density at radius 1 is 1.52 bits per heavy atom. The minimum Gasteiger partial charge on any atom is -0.309 e. The predicted molar refractivity (Wildman–Crippen MR) is 85.7 cm³/mol. The molecule has 1 N–H and O–H groups in total. The fraction of sp³-hybridized carbons (Fsp3) is 0.538. The molecule has 1 atom stereocenters. The van der Waals surface area contributed by atoms with Crippen molar-refractivity contribution in [2.24, 2.45) is 7.05 Å². The number of hydrogen-bond donors (Lipinski definition) is 1. The molecule has 1 amide bonds. The van der Waals surface area contributed by atoms with Gasteiger partial charge in [0.15, 0.2) is 10.3 Å². The van der Waals surface area contributed by atoms with Crippen LogP contribution in [0.3, 0.4) is 0 Å². The second-order valence-electron chi connectivity index (χ2n) is 4.65. The Balaban J connectivity index is 1.94. The van der Waals surface area contributed by atoms with Gasteiger partial charge in [-0.2, -0.15) is 0 Å². The number of rotatable bonds is 7. The SMILES string of the molecule is CCCCc1nnc(S[C@H](C)C(=O)Nc2nccs2)n1C. The van der Waals surface area contributed by atoms with Crippen molar-refractivity contribution >= 4 is 34.1 Å². The molecule has 0 saturated heterocycles. The molecular formula is C13H19N5OS2. The van der Waals surface area contributed by atoms with Crippen LogP contribution in [0.1, 0.15) is 32.5 Å². The van der Waals surface area contributed by atoms with Gasteiger partial charge < -0.3 is 9.88 Å². The summed E-state index contributed by atoms with van der Waals surface area (Å²) in [6.07, 6.45) is 4.81. The molecule has 6 nitrogen and oxygen atoms in total. The van der Waals surface area contributed by atoms with Gasteiger partial charge in [0.2, 0.25) is 5.91 Å². The van der Waals surface area contributed by atoms with Gasteiger partial charge >= 0.3 is 0 Å². The monoisotopic (exact) mass is 325 g/mol. The van der Waals surface area contributed by atoms with Crippen molar-refractivity contribution < 1.29 is 4.79 Å². The van der Waals surface area contributed by atoms with Gasteiger partial charge in [-0.15, -0.1) is 21.5 Å². The van der Waals surface area contributed by atoms with Gasteiger partial charge in [-0.25, -0.2) is 4.98 Å². The van der Waals surface area contributed by atoms with Crippen molar-refractivity contribution in [3.8, 4) is 0 Å². The maximum atomic E-state index is 12.1. The zero-order chi connectivity index (χ0) is 15.2. The van der Waals surface area contributed by atoms with E-state index < -0.39 is 0 Å². The number of amides is 1. The summed E-state index contributed by atoms with van der Waals surface area (Å²) in [5.74, 6) is 0.889. The molecule has 0 aliphatic rings. The first-order valence-electron chi connectivity index (χ1n) is 6.87. The summed E-state index contributed by atoms with van der Waals surface area (Å²) < 4.78 is 1.97. The molecule has 0 unspecified atom stereocenters. The Hall–Kier alpha value is -1.41. The Morgan fingerprint density at radius 3 is 3.00 bits per heavy atom. The molecule has 8 heteroatoms. The molecule has 0 bridgehead atoms. The lowest BCUT2D eigenvalue weighted by molar-refractivity contribution is -0.115. The van der Waals surface area contributed by atoms with Crippen LogP contribution < -0.4 is 5.32 Å². The Kier molecular flexibility index (Phi) is 5.75. The van der Waals surface area contributed by atoms with Crippen LogP contribution in [0, 0.1) is 0 Å². The first-order valence-corrected chi connectivity index (χ1v) is 8.63. The highest BCUT2D eigenvalue weighted by Gasteiger charge is 2.19. The third-order valence-electron chi connectivity index (χ3n) is 2.99. The van der Waals surface area contributed by atoms with Gasteiger partial charge in [0.25, 0.3) is 0 Å². The standard InChI is InChI=1S/C13H19N5OS2/c1-4-5-6-10-16-17-13(18(10)3)21-9(2)11(19)15-12-14-7-8-20-12/h7-9H,4-6H2,1-3H3,(H,14,15,19)/t9-/m1/s1. The van der Waals surface area contributed by atoms with Crippen molar-refractivity contribution in [2.45, 2.75) is 43.5 Å². The van der Waals surface area contributed by atoms with E-state index in [4.69, 9.17) is 0 Å². The molecule has 0 spiro atoms. The van der Waals surface area contributed by atoms with E-state index in [9.17, 15) is 4.79 Å². The molecule has 0 fully saturated rings. The van der Waals surface area contributed by atoms with Crippen LogP contribution in [-0.2, 0) is 18.3 Å². The summed E-state index contributed by atoms with van der Waals surface area (Å²) in [6, 6.07) is 0. The summed E-state index contributed by atoms with van der Waals surface area (Å²) in [4.78, 5) is 16.1. The summed E-state index contributed by atoms with van der Waals surface area (Å²) in [5.41, 5.74) is 0. The van der Waals surface area contributed by atoms with Gasteiger partial charge in [-0.05, 0) is 13.3 Å². The van der Waals surface area contributed by atoms with E-state index in [2.05, 4.69) is 27.4 Å². The average molecular weight is 325 g/mol. The Bertz CT molecular complexity index is 581. The summed E-state index contributed by atoms with van der Waals surface area (Å²) in [6.45, 7) is 4.01. The van der Waals surface area contributed by atoms with Crippen molar-refractivity contribution in [2.75, 3.05) is 5.32 Å². The molecule has 0 aliphatic carbocycles. The van der Waals surface area contributed by atoms with E-state index in [0.29, 0.717) is 5.13 Å². The van der Waals surface area contributed by atoms with E-state index in [1.807, 2.05) is 23.9 Å². The van der Waals surface area contributed by atoms with Crippen LogP contribution in [0.15, 0.2) is 16.7 Å². The highest BCUT2D eigenvalue weighted by atomic mass is 32.2. The molecule has 2 heterocycles. The van der Waals surface area contributed by atoms with Crippen molar-refractivity contribution in [1.82, 2.24) is 19.7 Å². The molecule has 114 valence electrons. The molecule has 2 aromatic heterocycles. The number of aryl methyl sites for hydroxylation is 1. The average Bonchev–Trinajstić information content (AvgIpc) is 3.08. The maximum absolute atomic E-state index is 12.1. The molecule has 0 aromatic carbocycles. The first kappa shape index (κ1) is 16.0. The van der Waals surface area contributed by atoms with Crippen LogP contribution in [-0.4, -0.2) is 30.9 Å². The predicted octanol–water partition coefficient (Wildman–Crippen LogP) is 2.73. The van der Waals surface area contributed by atoms with Crippen LogP contribution >= 0.6 is 23.1 Å². The minimum absolute atomic E-state index is 0.0759. The van der Waals surface area contributed by atoms with Gasteiger partial charge in [0.05, 0.1) is 5.25 Å². The lowest BCUT2D eigenvalue weighted by Crippen LogP contribution is -2.22. The number of carbonyl (C=O) groups is 1. The second kappa shape index (κ2) is 7.56. The van der Waals surface area contributed by atoms with Gasteiger partial charge in [0, 0.05) is 25.0 Å². The van der Waals surface area contributed by atoms with Crippen molar-refractivity contribution in [1.29, 1.82) is 0 Å². The number of anilines is 1. The third-order valence-corrected chi connectivity index (χ3v) is 4.82. The van der Waals surface area contributed by atoms with Gasteiger partial charge in [0.1, 0.15) is 5.82 Å². The zero-order valence-corrected chi connectivity index (χ0v) is 14.0. The topological polar surface area (TPSA) is 72.7 Å². The first-order chi connectivity index (χ1) is 10.1. The number of aromatic nitrogens is 4. The van der Waals surface area contributed by atoms with Gasteiger partial charge in [-0.1, -0.05) is 25.1 Å². The number of carbonyl (C=O) groups excluding carboxylic acids is 1. The fourth-order valence-electron chi connectivity index (χ4n) is 1.70. The van der Waals surface area contributed by atoms with E-state index >= 15 is 0 Å². The number of nitrogens with zero attached hydrogens (tertiary/aromatic N) is 4. The molecule has 0 saturated carbocycles. The number of hydrogen-bond acceptors (Lipinski definition) is 6. The van der Waals surface area contributed by atoms with Crippen LogP contribution in [0.5, 0.6) is 0 Å². The van der Waals surface area contributed by atoms with Crippen molar-refractivity contribution in [3.05, 3.63) is 17.4 Å². The maximum Gasteiger partial charge on any atom is 0.239 e. The Labute approximate surface area is 132 Å². The lowest BCUT2D eigenvalue weighted by atomic mass is 10.2. The number of nitrogens with one attached hydrogen (secondary N) is 1.